The van der Waals surface area contributed by atoms with Crippen LogP contribution in [0.15, 0.2) is 48.5 Å². The molecule has 2 aromatic carbocycles. The van der Waals surface area contributed by atoms with Crippen molar-refractivity contribution >= 4 is 11.4 Å². The third-order valence-corrected chi connectivity index (χ3v) is 3.49. The second-order valence-electron chi connectivity index (χ2n) is 5.31. The van der Waals surface area contributed by atoms with Crippen molar-refractivity contribution in [1.82, 2.24) is 0 Å². The third-order valence-electron chi connectivity index (χ3n) is 3.49. The minimum Gasteiger partial charge on any atom is -0.388 e. The molecule has 118 valence electrons. The van der Waals surface area contributed by atoms with Gasteiger partial charge in [-0.25, -0.2) is 0 Å². The summed E-state index contributed by atoms with van der Waals surface area (Å²) in [5.41, 5.74) is 1.24. The number of nitrogens with one attached hydrogen (secondary N) is 1. The van der Waals surface area contributed by atoms with Gasteiger partial charge in [0.15, 0.2) is 0 Å². The number of aliphatic hydroxyl groups excluding tert-OH is 1. The first-order chi connectivity index (χ1) is 11.0. The molecule has 6 heteroatoms. The van der Waals surface area contributed by atoms with Gasteiger partial charge in [0.1, 0.15) is 11.6 Å². The number of nitro groups is 1. The summed E-state index contributed by atoms with van der Waals surface area (Å²) in [6.07, 6.45) is -0.129. The Morgan fingerprint density at radius 1 is 1.30 bits per heavy atom. The van der Waals surface area contributed by atoms with Gasteiger partial charge in [-0.2, -0.15) is 5.26 Å². The van der Waals surface area contributed by atoms with Gasteiger partial charge in [0.2, 0.25) is 0 Å². The molecule has 23 heavy (non-hydrogen) atoms. The van der Waals surface area contributed by atoms with Gasteiger partial charge in [-0.1, -0.05) is 30.3 Å². The first-order valence-corrected chi connectivity index (χ1v) is 7.19. The Morgan fingerprint density at radius 3 is 2.61 bits per heavy atom. The number of benzene rings is 2. The Morgan fingerprint density at radius 2 is 2.00 bits per heavy atom. The highest BCUT2D eigenvalue weighted by Gasteiger charge is 2.16. The van der Waals surface area contributed by atoms with E-state index in [1.54, 1.807) is 6.07 Å². The predicted octanol–water partition coefficient (Wildman–Crippen LogP) is 3.39. The summed E-state index contributed by atoms with van der Waals surface area (Å²) in [6, 6.07) is 15.4. The zero-order valence-corrected chi connectivity index (χ0v) is 12.6. The highest BCUT2D eigenvalue weighted by atomic mass is 16.6. The first kappa shape index (κ1) is 16.5. The maximum absolute atomic E-state index is 10.8. The molecule has 0 radical (unpaired) electrons. The first-order valence-electron chi connectivity index (χ1n) is 7.19. The van der Waals surface area contributed by atoms with E-state index in [-0.39, 0.29) is 17.3 Å². The number of nitrogens with zero attached hydrogens (tertiary/aromatic N) is 2. The summed E-state index contributed by atoms with van der Waals surface area (Å²) in [4.78, 5) is 10.2. The Hall–Kier alpha value is -2.91. The number of anilines is 1. The maximum Gasteiger partial charge on any atom is 0.287 e. The van der Waals surface area contributed by atoms with Gasteiger partial charge < -0.3 is 10.4 Å². The van der Waals surface area contributed by atoms with Crippen LogP contribution in [0, 0.1) is 21.4 Å². The highest BCUT2D eigenvalue weighted by molar-refractivity contribution is 5.58. The lowest BCUT2D eigenvalue weighted by molar-refractivity contribution is -0.385. The van der Waals surface area contributed by atoms with Crippen LogP contribution < -0.4 is 5.32 Å². The van der Waals surface area contributed by atoms with Gasteiger partial charge in [0.25, 0.3) is 5.69 Å². The van der Waals surface area contributed by atoms with E-state index in [2.05, 4.69) is 5.32 Å². The molecule has 2 N–H and O–H groups in total. The lowest BCUT2D eigenvalue weighted by Crippen LogP contribution is -2.18. The second-order valence-corrected chi connectivity index (χ2v) is 5.31. The normalized spacial score (nSPS) is 12.9. The molecule has 0 fully saturated rings. The predicted molar refractivity (Wildman–Crippen MR) is 86.9 cm³/mol. The van der Waals surface area contributed by atoms with Crippen LogP contribution in [0.25, 0.3) is 0 Å². The van der Waals surface area contributed by atoms with Crippen LogP contribution in [-0.2, 0) is 0 Å². The van der Waals surface area contributed by atoms with Crippen molar-refractivity contribution in [3.63, 3.8) is 0 Å². The van der Waals surface area contributed by atoms with Crippen molar-refractivity contribution in [3.8, 4) is 6.07 Å². The van der Waals surface area contributed by atoms with E-state index in [4.69, 9.17) is 5.26 Å². The molecule has 2 rings (SSSR count). The van der Waals surface area contributed by atoms with Gasteiger partial charge in [-0.3, -0.25) is 10.1 Å². The SMILES string of the molecule is CC(CC(O)c1ccccc1)Nc1ccc([N+](=O)[O-])c(C#N)c1. The molecule has 0 aromatic heterocycles. The third kappa shape index (κ3) is 4.28. The van der Waals surface area contributed by atoms with Crippen molar-refractivity contribution in [2.75, 3.05) is 5.32 Å². The van der Waals surface area contributed by atoms with Gasteiger partial charge in [0, 0.05) is 17.8 Å². The smallest absolute Gasteiger partial charge is 0.287 e. The van der Waals surface area contributed by atoms with Crippen molar-refractivity contribution in [3.05, 3.63) is 69.8 Å². The molecule has 0 saturated carbocycles. The second kappa shape index (κ2) is 7.38. The number of nitro benzene ring substituents is 1. The van der Waals surface area contributed by atoms with Crippen LogP contribution in [-0.4, -0.2) is 16.1 Å². The lowest BCUT2D eigenvalue weighted by atomic mass is 10.0. The molecule has 2 unspecified atom stereocenters. The average Bonchev–Trinajstić information content (AvgIpc) is 2.55. The van der Waals surface area contributed by atoms with Crippen molar-refractivity contribution in [1.29, 1.82) is 5.26 Å². The van der Waals surface area contributed by atoms with Gasteiger partial charge in [-0.05, 0) is 31.0 Å². The topological polar surface area (TPSA) is 99.2 Å². The molecule has 0 amide bonds. The van der Waals surface area contributed by atoms with Crippen LogP contribution >= 0.6 is 0 Å². The summed E-state index contributed by atoms with van der Waals surface area (Å²) < 4.78 is 0. The molecule has 2 aromatic rings. The van der Waals surface area contributed by atoms with Gasteiger partial charge in [-0.15, -0.1) is 0 Å². The Balaban J connectivity index is 2.04. The molecular weight excluding hydrogens is 294 g/mol. The standard InChI is InChI=1S/C17H17N3O3/c1-12(9-17(21)13-5-3-2-4-6-13)19-15-7-8-16(20(22)23)14(10-15)11-18/h2-8,10,12,17,19,21H,9H2,1H3. The minimum atomic E-state index is -0.604. The quantitative estimate of drug-likeness (QED) is 0.629. The fourth-order valence-corrected chi connectivity index (χ4v) is 2.36. The van der Waals surface area contributed by atoms with Crippen LogP contribution in [0.2, 0.25) is 0 Å². The summed E-state index contributed by atoms with van der Waals surface area (Å²) in [5, 5.41) is 33.2. The van der Waals surface area contributed by atoms with Crippen molar-refractivity contribution in [2.45, 2.75) is 25.5 Å². The fraction of sp³-hybridized carbons (Fsp3) is 0.235. The Labute approximate surface area is 134 Å². The summed E-state index contributed by atoms with van der Waals surface area (Å²) in [7, 11) is 0. The number of hydrogen-bond donors (Lipinski definition) is 2. The van der Waals surface area contributed by atoms with E-state index in [1.807, 2.05) is 43.3 Å². The van der Waals surface area contributed by atoms with E-state index in [1.165, 1.54) is 12.1 Å². The van der Waals surface area contributed by atoms with E-state index < -0.39 is 11.0 Å². The number of aliphatic hydroxyl groups is 1. The fourth-order valence-electron chi connectivity index (χ4n) is 2.36. The zero-order valence-electron chi connectivity index (χ0n) is 12.6. The number of rotatable bonds is 6. The van der Waals surface area contributed by atoms with E-state index in [9.17, 15) is 15.2 Å². The Kier molecular flexibility index (Phi) is 5.28. The van der Waals surface area contributed by atoms with Crippen LogP contribution in [0.4, 0.5) is 11.4 Å². The zero-order chi connectivity index (χ0) is 16.8. The highest BCUT2D eigenvalue weighted by Crippen LogP contribution is 2.24. The van der Waals surface area contributed by atoms with Crippen LogP contribution in [0.5, 0.6) is 0 Å². The van der Waals surface area contributed by atoms with Crippen molar-refractivity contribution in [2.24, 2.45) is 0 Å². The summed E-state index contributed by atoms with van der Waals surface area (Å²) in [6.45, 7) is 1.90. The number of nitriles is 1. The van der Waals surface area contributed by atoms with E-state index >= 15 is 0 Å². The maximum atomic E-state index is 10.8. The largest absolute Gasteiger partial charge is 0.388 e. The molecule has 0 aliphatic heterocycles. The summed E-state index contributed by atoms with van der Waals surface area (Å²) >= 11 is 0. The monoisotopic (exact) mass is 311 g/mol. The van der Waals surface area contributed by atoms with Gasteiger partial charge in [0.05, 0.1) is 11.0 Å². The van der Waals surface area contributed by atoms with Crippen LogP contribution in [0.1, 0.15) is 30.6 Å². The van der Waals surface area contributed by atoms with Gasteiger partial charge >= 0.3 is 0 Å². The van der Waals surface area contributed by atoms with Crippen LogP contribution in [0.3, 0.4) is 0 Å². The Bertz CT molecular complexity index is 726. The van der Waals surface area contributed by atoms with E-state index in [0.717, 1.165) is 5.56 Å². The van der Waals surface area contributed by atoms with Crippen molar-refractivity contribution < 1.29 is 10.0 Å². The average molecular weight is 311 g/mol. The summed E-state index contributed by atoms with van der Waals surface area (Å²) in [5.74, 6) is 0. The molecule has 2 atom stereocenters. The molecular formula is C17H17N3O3. The lowest BCUT2D eigenvalue weighted by Gasteiger charge is -2.19. The minimum absolute atomic E-state index is 0.0100. The number of hydrogen-bond acceptors (Lipinski definition) is 5. The molecule has 0 spiro atoms. The molecule has 0 aliphatic carbocycles. The molecule has 6 nitrogen and oxygen atoms in total. The van der Waals surface area contributed by atoms with E-state index in [0.29, 0.717) is 12.1 Å². The molecule has 0 bridgehead atoms. The molecule has 0 heterocycles. The molecule has 0 aliphatic rings. The molecule has 0 saturated heterocycles.